The van der Waals surface area contributed by atoms with Crippen molar-refractivity contribution in [1.82, 2.24) is 10.2 Å². The molecule has 2 heterocycles. The van der Waals surface area contributed by atoms with Crippen LogP contribution < -0.4 is 16.0 Å². The van der Waals surface area contributed by atoms with Crippen molar-refractivity contribution >= 4 is 39.9 Å². The first-order valence-electron chi connectivity index (χ1n) is 10.5. The number of benzene rings is 2. The third kappa shape index (κ3) is 5.53. The summed E-state index contributed by atoms with van der Waals surface area (Å²) in [7, 11) is 0. The van der Waals surface area contributed by atoms with Crippen LogP contribution in [0.4, 0.5) is 15.5 Å². The largest absolute Gasteiger partial charge is 0.349 e. The van der Waals surface area contributed by atoms with Crippen LogP contribution >= 0.6 is 11.3 Å². The van der Waals surface area contributed by atoms with Gasteiger partial charge in [-0.3, -0.25) is 14.9 Å². The Kier molecular flexibility index (Phi) is 6.81. The Morgan fingerprint density at radius 2 is 1.47 bits per heavy atom. The van der Waals surface area contributed by atoms with Gasteiger partial charge in [0.1, 0.15) is 0 Å². The molecule has 0 unspecified atom stereocenters. The molecule has 1 aliphatic rings. The average Bonchev–Trinajstić information content (AvgIpc) is 3.28. The molecule has 7 nitrogen and oxygen atoms in total. The molecule has 0 bridgehead atoms. The van der Waals surface area contributed by atoms with Gasteiger partial charge in [-0.1, -0.05) is 36.4 Å². The Balaban J connectivity index is 1.26. The number of para-hydroxylation sites is 1. The molecular weight excluding hydrogens is 424 g/mol. The highest BCUT2D eigenvalue weighted by molar-refractivity contribution is 7.18. The zero-order chi connectivity index (χ0) is 22.3. The molecule has 2 aromatic carbocycles. The number of urea groups is 1. The Bertz CT molecular complexity index is 1080. The van der Waals surface area contributed by atoms with E-state index in [4.69, 9.17) is 0 Å². The fraction of sp³-hybridized carbons (Fsp3) is 0.208. The maximum absolute atomic E-state index is 12.9. The van der Waals surface area contributed by atoms with Crippen LogP contribution in [0, 0.1) is 0 Å². The topological polar surface area (TPSA) is 90.5 Å². The number of rotatable bonds is 5. The third-order valence-electron chi connectivity index (χ3n) is 5.24. The molecule has 4 amide bonds. The van der Waals surface area contributed by atoms with Gasteiger partial charge in [-0.05, 0) is 49.2 Å². The number of nitrogens with one attached hydrogen (secondary N) is 3. The average molecular weight is 449 g/mol. The van der Waals surface area contributed by atoms with Gasteiger partial charge < -0.3 is 15.5 Å². The van der Waals surface area contributed by atoms with Crippen molar-refractivity contribution in [3.63, 3.8) is 0 Å². The van der Waals surface area contributed by atoms with Gasteiger partial charge >= 0.3 is 6.03 Å². The minimum absolute atomic E-state index is 0.0500. The fourth-order valence-electron chi connectivity index (χ4n) is 3.56. The van der Waals surface area contributed by atoms with Crippen molar-refractivity contribution in [3.8, 4) is 0 Å². The van der Waals surface area contributed by atoms with E-state index in [0.717, 1.165) is 0 Å². The number of amides is 4. The van der Waals surface area contributed by atoms with Crippen molar-refractivity contribution in [1.29, 1.82) is 0 Å². The molecule has 0 saturated carbocycles. The maximum Gasteiger partial charge on any atom is 0.324 e. The molecule has 1 aliphatic heterocycles. The number of carbonyl (C=O) groups excluding carboxylic acids is 3. The number of hydrogen-bond donors (Lipinski definition) is 3. The predicted molar refractivity (Wildman–Crippen MR) is 126 cm³/mol. The number of likely N-dealkylation sites (tertiary alicyclic amines) is 1. The van der Waals surface area contributed by atoms with E-state index in [1.165, 1.54) is 11.3 Å². The van der Waals surface area contributed by atoms with Crippen LogP contribution in [-0.2, 0) is 0 Å². The highest BCUT2D eigenvalue weighted by Crippen LogP contribution is 2.25. The molecule has 0 radical (unpaired) electrons. The Morgan fingerprint density at radius 1 is 0.812 bits per heavy atom. The number of hydrogen-bond acceptors (Lipinski definition) is 4. The van der Waals surface area contributed by atoms with Crippen LogP contribution in [0.2, 0.25) is 0 Å². The first kappa shape index (κ1) is 21.6. The highest BCUT2D eigenvalue weighted by Gasteiger charge is 2.25. The van der Waals surface area contributed by atoms with E-state index in [1.807, 2.05) is 36.4 Å². The lowest BCUT2D eigenvalue weighted by Gasteiger charge is -2.32. The second-order valence-electron chi connectivity index (χ2n) is 7.52. The first-order chi connectivity index (χ1) is 15.6. The van der Waals surface area contributed by atoms with Crippen molar-refractivity contribution in [2.75, 3.05) is 23.7 Å². The Labute approximate surface area is 190 Å². The van der Waals surface area contributed by atoms with Gasteiger partial charge in [0.2, 0.25) is 0 Å². The lowest BCUT2D eigenvalue weighted by Crippen LogP contribution is -2.46. The summed E-state index contributed by atoms with van der Waals surface area (Å²) >= 11 is 1.25. The molecule has 164 valence electrons. The van der Waals surface area contributed by atoms with Crippen molar-refractivity contribution in [2.24, 2.45) is 0 Å². The maximum atomic E-state index is 12.9. The molecule has 1 aromatic heterocycles. The molecule has 0 spiro atoms. The number of carbonyl (C=O) groups is 3. The Hall–Kier alpha value is -3.65. The van der Waals surface area contributed by atoms with Crippen molar-refractivity contribution < 1.29 is 14.4 Å². The van der Waals surface area contributed by atoms with E-state index >= 15 is 0 Å². The van der Waals surface area contributed by atoms with Crippen LogP contribution in [0.3, 0.4) is 0 Å². The van der Waals surface area contributed by atoms with Gasteiger partial charge in [0.25, 0.3) is 11.8 Å². The molecule has 0 atom stereocenters. The van der Waals surface area contributed by atoms with E-state index in [1.54, 1.807) is 41.3 Å². The number of nitrogens with zero attached hydrogens (tertiary/aromatic N) is 1. The molecule has 0 aliphatic carbocycles. The van der Waals surface area contributed by atoms with Crippen LogP contribution in [0.1, 0.15) is 32.9 Å². The summed E-state index contributed by atoms with van der Waals surface area (Å²) in [4.78, 5) is 39.7. The summed E-state index contributed by atoms with van der Waals surface area (Å²) in [6.45, 7) is 1.15. The van der Waals surface area contributed by atoms with Gasteiger partial charge in [0, 0.05) is 30.4 Å². The van der Waals surface area contributed by atoms with Crippen LogP contribution in [-0.4, -0.2) is 41.9 Å². The van der Waals surface area contributed by atoms with E-state index in [0.29, 0.717) is 47.1 Å². The van der Waals surface area contributed by atoms with E-state index in [2.05, 4.69) is 16.0 Å². The molecule has 1 fully saturated rings. The smallest absolute Gasteiger partial charge is 0.324 e. The second-order valence-corrected chi connectivity index (χ2v) is 8.60. The summed E-state index contributed by atoms with van der Waals surface area (Å²) in [6, 6.07) is 21.4. The number of piperidine rings is 1. The summed E-state index contributed by atoms with van der Waals surface area (Å²) < 4.78 is 0. The molecule has 8 heteroatoms. The van der Waals surface area contributed by atoms with E-state index in [-0.39, 0.29) is 23.9 Å². The second kappa shape index (κ2) is 10.1. The number of thiophene rings is 1. The summed E-state index contributed by atoms with van der Waals surface area (Å²) in [5, 5.41) is 9.17. The lowest BCUT2D eigenvalue weighted by molar-refractivity contribution is 0.0702. The minimum Gasteiger partial charge on any atom is -0.349 e. The van der Waals surface area contributed by atoms with E-state index in [9.17, 15) is 14.4 Å². The van der Waals surface area contributed by atoms with Crippen molar-refractivity contribution in [2.45, 2.75) is 18.9 Å². The van der Waals surface area contributed by atoms with Gasteiger partial charge in [0.15, 0.2) is 0 Å². The quantitative estimate of drug-likeness (QED) is 0.539. The van der Waals surface area contributed by atoms with Gasteiger partial charge in [-0.25, -0.2) is 4.79 Å². The molecule has 32 heavy (non-hydrogen) atoms. The zero-order valence-electron chi connectivity index (χ0n) is 17.4. The molecule has 3 N–H and O–H groups in total. The molecular formula is C24H24N4O3S. The summed E-state index contributed by atoms with van der Waals surface area (Å²) in [5.74, 6) is -0.141. The SMILES string of the molecule is O=C(Nc1ccccc1)Nc1ccc(C(=O)N2CCC(NC(=O)c3ccccc3)CC2)s1. The number of anilines is 2. The van der Waals surface area contributed by atoms with E-state index < -0.39 is 0 Å². The Morgan fingerprint density at radius 3 is 2.16 bits per heavy atom. The standard InChI is InChI=1S/C24H24N4O3S/c29-22(17-7-3-1-4-8-17)25-19-13-15-28(16-14-19)23(30)20-11-12-21(32-20)27-24(31)26-18-9-5-2-6-10-18/h1-12,19H,13-16H2,(H,25,29)(H2,26,27,31). The summed E-state index contributed by atoms with van der Waals surface area (Å²) in [6.07, 6.45) is 1.42. The monoisotopic (exact) mass is 448 g/mol. The fourth-order valence-corrected chi connectivity index (χ4v) is 4.43. The van der Waals surface area contributed by atoms with Gasteiger partial charge in [-0.15, -0.1) is 11.3 Å². The zero-order valence-corrected chi connectivity index (χ0v) is 18.2. The van der Waals surface area contributed by atoms with Gasteiger partial charge in [0.05, 0.1) is 9.88 Å². The van der Waals surface area contributed by atoms with Crippen molar-refractivity contribution in [3.05, 3.63) is 83.2 Å². The molecule has 3 aromatic rings. The van der Waals surface area contributed by atoms with Gasteiger partial charge in [-0.2, -0.15) is 0 Å². The van der Waals surface area contributed by atoms with Crippen LogP contribution in [0.25, 0.3) is 0 Å². The lowest BCUT2D eigenvalue weighted by atomic mass is 10.0. The first-order valence-corrected chi connectivity index (χ1v) is 11.3. The van der Waals surface area contributed by atoms with Crippen LogP contribution in [0.15, 0.2) is 72.8 Å². The third-order valence-corrected chi connectivity index (χ3v) is 6.23. The molecule has 4 rings (SSSR count). The predicted octanol–water partition coefficient (Wildman–Crippen LogP) is 4.43. The highest BCUT2D eigenvalue weighted by atomic mass is 32.1. The minimum atomic E-state index is -0.355. The summed E-state index contributed by atoms with van der Waals surface area (Å²) in [5.41, 5.74) is 1.33. The van der Waals surface area contributed by atoms with Crippen LogP contribution in [0.5, 0.6) is 0 Å². The molecule has 1 saturated heterocycles. The normalized spacial score (nSPS) is 13.9.